The second-order valence-electron chi connectivity index (χ2n) is 5.16. The number of hydrogen-bond donors (Lipinski definition) is 0. The molecule has 118 valence electrons. The fraction of sp³-hybridized carbons (Fsp3) is 0.875. The summed E-state index contributed by atoms with van der Waals surface area (Å²) in [6.45, 7) is 8.08. The minimum absolute atomic E-state index is 0.175. The van der Waals surface area contributed by atoms with Crippen molar-refractivity contribution in [2.24, 2.45) is 0 Å². The summed E-state index contributed by atoms with van der Waals surface area (Å²) in [6.07, 6.45) is 6.80. The van der Waals surface area contributed by atoms with Crippen molar-refractivity contribution in [2.45, 2.75) is 91.3 Å². The van der Waals surface area contributed by atoms with Crippen LogP contribution >= 0.6 is 0 Å². The topological polar surface area (TPSA) is 52.6 Å². The van der Waals surface area contributed by atoms with Gasteiger partial charge >= 0.3 is 11.9 Å². The van der Waals surface area contributed by atoms with Crippen LogP contribution in [0.5, 0.6) is 0 Å². The maximum absolute atomic E-state index is 11.7. The fourth-order valence-electron chi connectivity index (χ4n) is 1.96. The van der Waals surface area contributed by atoms with Crippen LogP contribution in [0.25, 0.3) is 0 Å². The first-order valence-corrected chi connectivity index (χ1v) is 8.00. The minimum Gasteiger partial charge on any atom is -0.454 e. The van der Waals surface area contributed by atoms with E-state index in [-0.39, 0.29) is 12.2 Å². The smallest absolute Gasteiger partial charge is 0.417 e. The normalized spacial score (nSPS) is 13.6. The van der Waals surface area contributed by atoms with Crippen LogP contribution in [0.3, 0.4) is 0 Å². The van der Waals surface area contributed by atoms with Crippen molar-refractivity contribution in [1.29, 1.82) is 0 Å². The van der Waals surface area contributed by atoms with E-state index in [0.717, 1.165) is 51.4 Å². The van der Waals surface area contributed by atoms with Gasteiger partial charge in [0.05, 0.1) is 0 Å². The second kappa shape index (κ2) is 11.7. The molecule has 0 aliphatic heterocycles. The van der Waals surface area contributed by atoms with Gasteiger partial charge in [0.25, 0.3) is 0 Å². The maximum atomic E-state index is 11.7. The number of carbonyl (C=O) groups excluding carboxylic acids is 2. The minimum atomic E-state index is -0.845. The summed E-state index contributed by atoms with van der Waals surface area (Å²) < 4.78 is 10.4. The van der Waals surface area contributed by atoms with Crippen LogP contribution in [0.15, 0.2) is 0 Å². The lowest BCUT2D eigenvalue weighted by Gasteiger charge is -2.18. The zero-order valence-electron chi connectivity index (χ0n) is 13.4. The van der Waals surface area contributed by atoms with Gasteiger partial charge in [0.2, 0.25) is 0 Å². The van der Waals surface area contributed by atoms with Crippen LogP contribution < -0.4 is 0 Å². The summed E-state index contributed by atoms with van der Waals surface area (Å²) >= 11 is 0. The lowest BCUT2D eigenvalue weighted by atomic mass is 10.1. The molecular formula is C16H30O4. The highest BCUT2D eigenvalue weighted by atomic mass is 16.6. The van der Waals surface area contributed by atoms with Gasteiger partial charge in [-0.25, -0.2) is 9.59 Å². The van der Waals surface area contributed by atoms with E-state index in [1.807, 2.05) is 13.8 Å². The Morgan fingerprint density at radius 3 is 1.35 bits per heavy atom. The van der Waals surface area contributed by atoms with E-state index in [9.17, 15) is 9.59 Å². The van der Waals surface area contributed by atoms with Gasteiger partial charge in [-0.3, -0.25) is 0 Å². The van der Waals surface area contributed by atoms with Gasteiger partial charge in [0, 0.05) is 0 Å². The second-order valence-corrected chi connectivity index (χ2v) is 5.16. The average Bonchev–Trinajstić information content (AvgIpc) is 2.47. The molecule has 4 heteroatoms. The predicted octanol–water partition coefficient (Wildman–Crippen LogP) is 4.01. The molecule has 0 heterocycles. The number of hydrogen-bond acceptors (Lipinski definition) is 4. The molecule has 2 atom stereocenters. The van der Waals surface area contributed by atoms with Crippen LogP contribution in [-0.4, -0.2) is 24.1 Å². The van der Waals surface area contributed by atoms with E-state index in [1.54, 1.807) is 0 Å². The molecule has 0 aromatic rings. The predicted molar refractivity (Wildman–Crippen MR) is 79.4 cm³/mol. The number of ether oxygens (including phenoxy) is 2. The number of unbranched alkanes of at least 4 members (excludes halogenated alkanes) is 2. The molecule has 0 N–H and O–H groups in total. The summed E-state index contributed by atoms with van der Waals surface area (Å²) in [4.78, 5) is 23.4. The van der Waals surface area contributed by atoms with Gasteiger partial charge in [-0.2, -0.15) is 0 Å². The third kappa shape index (κ3) is 8.18. The van der Waals surface area contributed by atoms with E-state index in [2.05, 4.69) is 13.8 Å². The standard InChI is InChI=1S/C16H30O4/c1-5-9-11-13(7-3)19-15(17)16(18)20-14(8-4)12-10-6-2/h13-14H,5-12H2,1-4H3. The Kier molecular flexibility index (Phi) is 11.1. The third-order valence-electron chi connectivity index (χ3n) is 3.38. The third-order valence-corrected chi connectivity index (χ3v) is 3.38. The zero-order chi connectivity index (χ0) is 15.4. The van der Waals surface area contributed by atoms with Crippen LogP contribution in [0.2, 0.25) is 0 Å². The number of carbonyl (C=O) groups is 2. The first kappa shape index (κ1) is 18.9. The van der Waals surface area contributed by atoms with E-state index >= 15 is 0 Å². The van der Waals surface area contributed by atoms with Gasteiger partial charge in [-0.1, -0.05) is 53.4 Å². The average molecular weight is 286 g/mol. The molecule has 0 saturated carbocycles. The van der Waals surface area contributed by atoms with Crippen molar-refractivity contribution >= 4 is 11.9 Å². The summed E-state index contributed by atoms with van der Waals surface area (Å²) in [7, 11) is 0. The van der Waals surface area contributed by atoms with Crippen molar-refractivity contribution in [3.63, 3.8) is 0 Å². The van der Waals surface area contributed by atoms with Gasteiger partial charge in [0.1, 0.15) is 12.2 Å². The van der Waals surface area contributed by atoms with Crippen LogP contribution in [0.1, 0.15) is 79.1 Å². The highest BCUT2D eigenvalue weighted by Gasteiger charge is 2.24. The SMILES string of the molecule is CCCCC(CC)OC(=O)C(=O)OC(CC)CCCC. The first-order valence-electron chi connectivity index (χ1n) is 8.00. The molecule has 0 aromatic carbocycles. The van der Waals surface area contributed by atoms with Crippen molar-refractivity contribution in [1.82, 2.24) is 0 Å². The van der Waals surface area contributed by atoms with Gasteiger partial charge in [-0.15, -0.1) is 0 Å². The maximum Gasteiger partial charge on any atom is 0.417 e. The monoisotopic (exact) mass is 286 g/mol. The molecule has 0 fully saturated rings. The summed E-state index contributed by atoms with van der Waals surface area (Å²) in [5.41, 5.74) is 0. The Hall–Kier alpha value is -1.06. The summed E-state index contributed by atoms with van der Waals surface area (Å²) in [5.74, 6) is -1.69. The molecule has 20 heavy (non-hydrogen) atoms. The molecule has 2 unspecified atom stereocenters. The van der Waals surface area contributed by atoms with Gasteiger partial charge in [0.15, 0.2) is 0 Å². The largest absolute Gasteiger partial charge is 0.454 e. The fourth-order valence-corrected chi connectivity index (χ4v) is 1.96. The highest BCUT2D eigenvalue weighted by Crippen LogP contribution is 2.12. The Morgan fingerprint density at radius 1 is 0.750 bits per heavy atom. The van der Waals surface area contributed by atoms with Gasteiger partial charge < -0.3 is 9.47 Å². The summed E-state index contributed by atoms with van der Waals surface area (Å²) in [5, 5.41) is 0. The molecular weight excluding hydrogens is 256 g/mol. The van der Waals surface area contributed by atoms with Crippen molar-refractivity contribution in [2.75, 3.05) is 0 Å². The van der Waals surface area contributed by atoms with Crippen molar-refractivity contribution < 1.29 is 19.1 Å². The Labute approximate surface area is 123 Å². The van der Waals surface area contributed by atoms with E-state index in [1.165, 1.54) is 0 Å². The van der Waals surface area contributed by atoms with Crippen LogP contribution in [0, 0.1) is 0 Å². The molecule has 0 rings (SSSR count). The lowest BCUT2D eigenvalue weighted by Crippen LogP contribution is -2.29. The Balaban J connectivity index is 4.20. The zero-order valence-corrected chi connectivity index (χ0v) is 13.4. The molecule has 4 nitrogen and oxygen atoms in total. The quantitative estimate of drug-likeness (QED) is 0.450. The molecule has 0 aliphatic rings. The molecule has 0 spiro atoms. The lowest BCUT2D eigenvalue weighted by molar-refractivity contribution is -0.174. The van der Waals surface area contributed by atoms with Crippen LogP contribution in [0.4, 0.5) is 0 Å². The molecule has 0 amide bonds. The molecule has 0 bridgehead atoms. The van der Waals surface area contributed by atoms with E-state index < -0.39 is 11.9 Å². The van der Waals surface area contributed by atoms with E-state index in [0.29, 0.717) is 0 Å². The molecule has 0 saturated heterocycles. The molecule has 0 aromatic heterocycles. The number of rotatable bonds is 10. The van der Waals surface area contributed by atoms with Gasteiger partial charge in [-0.05, 0) is 25.7 Å². The van der Waals surface area contributed by atoms with Crippen molar-refractivity contribution in [3.8, 4) is 0 Å². The first-order chi connectivity index (χ1) is 9.58. The summed E-state index contributed by atoms with van der Waals surface area (Å²) in [6, 6.07) is 0. The highest BCUT2D eigenvalue weighted by molar-refractivity contribution is 6.29. The Bertz CT molecular complexity index is 248. The number of esters is 2. The van der Waals surface area contributed by atoms with Crippen LogP contribution in [-0.2, 0) is 19.1 Å². The molecule has 0 radical (unpaired) electrons. The molecule has 0 aliphatic carbocycles. The Morgan fingerprint density at radius 2 is 1.10 bits per heavy atom. The van der Waals surface area contributed by atoms with E-state index in [4.69, 9.17) is 9.47 Å². The van der Waals surface area contributed by atoms with Crippen molar-refractivity contribution in [3.05, 3.63) is 0 Å².